The van der Waals surface area contributed by atoms with Crippen LogP contribution < -0.4 is 14.4 Å². The number of amides is 1. The summed E-state index contributed by atoms with van der Waals surface area (Å²) in [7, 11) is 0. The zero-order chi connectivity index (χ0) is 22.5. The van der Waals surface area contributed by atoms with Gasteiger partial charge in [-0.25, -0.2) is 0 Å². The number of nitrogens with zero attached hydrogens (tertiary/aromatic N) is 1. The van der Waals surface area contributed by atoms with Gasteiger partial charge in [-0.05, 0) is 65.8 Å². The summed E-state index contributed by atoms with van der Waals surface area (Å²) in [6.45, 7) is 0.899. The number of anilines is 1. The molecule has 0 unspecified atom stereocenters. The molecule has 3 aliphatic rings. The van der Waals surface area contributed by atoms with Gasteiger partial charge in [-0.15, -0.1) is 0 Å². The highest BCUT2D eigenvalue weighted by Crippen LogP contribution is 2.47. The Bertz CT molecular complexity index is 1250. The van der Waals surface area contributed by atoms with Crippen LogP contribution in [0.2, 0.25) is 0 Å². The van der Waals surface area contributed by atoms with E-state index in [0.717, 1.165) is 0 Å². The highest BCUT2D eigenvalue weighted by atomic mass is 16.6. The number of benzene rings is 3. The number of hydrogen-bond acceptors (Lipinski definition) is 4. The molecule has 3 aromatic rings. The Morgan fingerprint density at radius 2 is 1.58 bits per heavy atom. The fourth-order valence-electron chi connectivity index (χ4n) is 4.99. The Labute approximate surface area is 191 Å². The van der Waals surface area contributed by atoms with Crippen LogP contribution in [-0.4, -0.2) is 30.2 Å². The molecule has 1 N–H and O–H groups in total. The quantitative estimate of drug-likeness (QED) is 0.623. The van der Waals surface area contributed by atoms with Gasteiger partial charge in [0, 0.05) is 11.3 Å². The molecule has 33 heavy (non-hydrogen) atoms. The topological polar surface area (TPSA) is 76.1 Å². The van der Waals surface area contributed by atoms with E-state index in [2.05, 4.69) is 12.1 Å². The molecule has 0 saturated heterocycles. The molecule has 0 bridgehead atoms. The summed E-state index contributed by atoms with van der Waals surface area (Å²) in [5.41, 5.74) is 3.59. The molecule has 1 aliphatic carbocycles. The van der Waals surface area contributed by atoms with Crippen LogP contribution in [0.5, 0.6) is 11.5 Å². The summed E-state index contributed by atoms with van der Waals surface area (Å²) < 4.78 is 11.4. The van der Waals surface area contributed by atoms with E-state index in [0.29, 0.717) is 53.0 Å². The first-order chi connectivity index (χ1) is 16.1. The fraction of sp³-hybridized carbons (Fsp3) is 0.259. The summed E-state index contributed by atoms with van der Waals surface area (Å²) in [6, 6.07) is 19.7. The highest BCUT2D eigenvalue weighted by molar-refractivity contribution is 6.11. The predicted molar refractivity (Wildman–Crippen MR) is 122 cm³/mol. The number of ether oxygens (including phenoxy) is 2. The van der Waals surface area contributed by atoms with Gasteiger partial charge in [-0.1, -0.05) is 36.4 Å². The molecule has 166 valence electrons. The van der Waals surface area contributed by atoms with Crippen molar-refractivity contribution in [3.8, 4) is 11.5 Å². The Morgan fingerprint density at radius 3 is 2.30 bits per heavy atom. The van der Waals surface area contributed by atoms with E-state index in [4.69, 9.17) is 9.47 Å². The third-order valence-corrected chi connectivity index (χ3v) is 6.73. The molecule has 0 radical (unpaired) electrons. The normalized spacial score (nSPS) is 21.5. The van der Waals surface area contributed by atoms with Crippen LogP contribution in [0.25, 0.3) is 0 Å². The van der Waals surface area contributed by atoms with Crippen LogP contribution in [0.1, 0.15) is 57.8 Å². The first-order valence-corrected chi connectivity index (χ1v) is 11.3. The van der Waals surface area contributed by atoms with Gasteiger partial charge in [0.05, 0.1) is 6.04 Å². The summed E-state index contributed by atoms with van der Waals surface area (Å²) >= 11 is 0. The Balaban J connectivity index is 1.52. The van der Waals surface area contributed by atoms with E-state index >= 15 is 0 Å². The second-order valence-electron chi connectivity index (χ2n) is 8.79. The number of hydrogen-bond donors (Lipinski definition) is 1. The average molecular weight is 441 g/mol. The van der Waals surface area contributed by atoms with Crippen LogP contribution in [0.3, 0.4) is 0 Å². The van der Waals surface area contributed by atoms with Crippen molar-refractivity contribution in [2.45, 2.75) is 30.7 Å². The van der Waals surface area contributed by atoms with E-state index in [1.807, 2.05) is 24.3 Å². The largest absolute Gasteiger partial charge is 0.486 e. The summed E-state index contributed by atoms with van der Waals surface area (Å²) in [4.78, 5) is 28.0. The number of carboxylic acids is 1. The lowest BCUT2D eigenvalue weighted by molar-refractivity contribution is -0.139. The molecular formula is C27H23NO5. The minimum atomic E-state index is -0.977. The van der Waals surface area contributed by atoms with Gasteiger partial charge in [0.15, 0.2) is 11.5 Å². The summed E-state index contributed by atoms with van der Waals surface area (Å²) in [5, 5.41) is 10.3. The monoisotopic (exact) mass is 441 g/mol. The maximum absolute atomic E-state index is 13.8. The van der Waals surface area contributed by atoms with Crippen molar-refractivity contribution in [1.82, 2.24) is 0 Å². The fourth-order valence-corrected chi connectivity index (χ4v) is 4.99. The van der Waals surface area contributed by atoms with E-state index in [-0.39, 0.29) is 5.91 Å². The van der Waals surface area contributed by atoms with E-state index in [1.165, 1.54) is 18.4 Å². The van der Waals surface area contributed by atoms with Crippen LogP contribution in [0.4, 0.5) is 5.69 Å². The van der Waals surface area contributed by atoms with E-state index in [1.54, 1.807) is 35.2 Å². The standard InChI is InChI=1S/C27H23NO5/c29-26-21-4-2-1-3-20(21)24(27(30)31)25(18-9-12-22-23(15-18)33-14-13-32-22)28(26)19-10-7-17(8-11-19)16-5-6-16/h1-4,7-12,15-16,24-25H,5-6,13-14H2,(H,30,31)/t24-,25+/m1/s1. The van der Waals surface area contributed by atoms with Gasteiger partial charge in [0.2, 0.25) is 0 Å². The Hall–Kier alpha value is -3.80. The number of rotatable bonds is 4. The first-order valence-electron chi connectivity index (χ1n) is 11.3. The Kier molecular flexibility index (Phi) is 4.61. The van der Waals surface area contributed by atoms with Crippen LogP contribution >= 0.6 is 0 Å². The molecule has 6 nitrogen and oxygen atoms in total. The lowest BCUT2D eigenvalue weighted by Crippen LogP contribution is -2.45. The zero-order valence-electron chi connectivity index (χ0n) is 17.9. The maximum Gasteiger partial charge on any atom is 0.313 e. The van der Waals surface area contributed by atoms with E-state index in [9.17, 15) is 14.7 Å². The minimum absolute atomic E-state index is 0.206. The minimum Gasteiger partial charge on any atom is -0.486 e. The molecule has 6 heteroatoms. The lowest BCUT2D eigenvalue weighted by atomic mass is 9.79. The van der Waals surface area contributed by atoms with Gasteiger partial charge < -0.3 is 14.6 Å². The van der Waals surface area contributed by atoms with Crippen LogP contribution in [-0.2, 0) is 4.79 Å². The van der Waals surface area contributed by atoms with Crippen molar-refractivity contribution in [2.75, 3.05) is 18.1 Å². The van der Waals surface area contributed by atoms with Crippen molar-refractivity contribution in [2.24, 2.45) is 0 Å². The molecule has 1 saturated carbocycles. The third kappa shape index (κ3) is 3.33. The number of carbonyl (C=O) groups is 2. The molecular weight excluding hydrogens is 418 g/mol. The second-order valence-corrected chi connectivity index (χ2v) is 8.79. The molecule has 2 atom stereocenters. The van der Waals surface area contributed by atoms with Crippen molar-refractivity contribution >= 4 is 17.6 Å². The third-order valence-electron chi connectivity index (χ3n) is 6.73. The van der Waals surface area contributed by atoms with Crippen molar-refractivity contribution in [3.05, 3.63) is 89.0 Å². The lowest BCUT2D eigenvalue weighted by Gasteiger charge is -2.41. The molecule has 1 fully saturated rings. The second kappa shape index (κ2) is 7.66. The van der Waals surface area contributed by atoms with Gasteiger partial charge in [0.25, 0.3) is 5.91 Å². The number of aliphatic carboxylic acids is 1. The predicted octanol–water partition coefficient (Wildman–Crippen LogP) is 4.91. The van der Waals surface area contributed by atoms with Gasteiger partial charge in [0.1, 0.15) is 19.1 Å². The number of carbonyl (C=O) groups excluding carboxylic acids is 1. The summed E-state index contributed by atoms with van der Waals surface area (Å²) in [5.74, 6) is -0.323. The SMILES string of the molecule is O=C(O)[C@@H]1c2ccccc2C(=O)N(c2ccc(C3CC3)cc2)[C@H]1c1ccc2c(c1)OCCO2. The maximum atomic E-state index is 13.8. The smallest absolute Gasteiger partial charge is 0.313 e. The van der Waals surface area contributed by atoms with Crippen LogP contribution in [0.15, 0.2) is 66.7 Å². The van der Waals surface area contributed by atoms with Crippen molar-refractivity contribution in [3.63, 3.8) is 0 Å². The van der Waals surface area contributed by atoms with E-state index < -0.39 is 17.9 Å². The highest BCUT2D eigenvalue weighted by Gasteiger charge is 2.45. The molecule has 1 amide bonds. The van der Waals surface area contributed by atoms with Crippen molar-refractivity contribution in [1.29, 1.82) is 0 Å². The molecule has 0 spiro atoms. The molecule has 0 aromatic heterocycles. The molecule has 2 heterocycles. The summed E-state index contributed by atoms with van der Waals surface area (Å²) in [6.07, 6.45) is 2.38. The molecule has 2 aliphatic heterocycles. The number of carboxylic acid groups (broad SMARTS) is 1. The van der Waals surface area contributed by atoms with Crippen LogP contribution in [0, 0.1) is 0 Å². The molecule has 3 aromatic carbocycles. The first kappa shape index (κ1) is 19.9. The van der Waals surface area contributed by atoms with Crippen molar-refractivity contribution < 1.29 is 24.2 Å². The number of fused-ring (bicyclic) bond motifs is 2. The van der Waals surface area contributed by atoms with Gasteiger partial charge >= 0.3 is 5.97 Å². The Morgan fingerprint density at radius 1 is 0.879 bits per heavy atom. The molecule has 6 rings (SSSR count). The zero-order valence-corrected chi connectivity index (χ0v) is 17.9. The van der Waals surface area contributed by atoms with Gasteiger partial charge in [-0.3, -0.25) is 14.5 Å². The van der Waals surface area contributed by atoms with Gasteiger partial charge in [-0.2, -0.15) is 0 Å². The average Bonchev–Trinajstić information content (AvgIpc) is 3.69.